The summed E-state index contributed by atoms with van der Waals surface area (Å²) in [6, 6.07) is 10.4. The molecule has 104 valence electrons. The monoisotopic (exact) mass is 293 g/mol. The molecule has 20 heavy (non-hydrogen) atoms. The van der Waals surface area contributed by atoms with Gasteiger partial charge in [0.1, 0.15) is 11.6 Å². The van der Waals surface area contributed by atoms with Gasteiger partial charge in [0.25, 0.3) is 5.91 Å². The molecule has 0 spiro atoms. The number of nitrogens with zero attached hydrogens (tertiary/aromatic N) is 1. The summed E-state index contributed by atoms with van der Waals surface area (Å²) in [5.41, 5.74) is 0.981. The summed E-state index contributed by atoms with van der Waals surface area (Å²) in [6.45, 7) is 0.368. The van der Waals surface area contributed by atoms with E-state index in [0.29, 0.717) is 11.6 Å². The molecular formula is C15H13ClFNO2. The Morgan fingerprint density at radius 2 is 1.90 bits per heavy atom. The van der Waals surface area contributed by atoms with E-state index in [1.165, 1.54) is 11.0 Å². The smallest absolute Gasteiger partial charge is 0.257 e. The lowest BCUT2D eigenvalue weighted by Crippen LogP contribution is -2.26. The highest BCUT2D eigenvalue weighted by atomic mass is 35.5. The fourth-order valence-electron chi connectivity index (χ4n) is 1.83. The van der Waals surface area contributed by atoms with Crippen LogP contribution in [0.1, 0.15) is 15.9 Å². The predicted molar refractivity (Wildman–Crippen MR) is 75.3 cm³/mol. The Bertz CT molecular complexity index is 628. The number of rotatable bonds is 3. The van der Waals surface area contributed by atoms with E-state index >= 15 is 0 Å². The van der Waals surface area contributed by atoms with Gasteiger partial charge in [-0.3, -0.25) is 4.79 Å². The zero-order valence-electron chi connectivity index (χ0n) is 10.8. The Kier molecular flexibility index (Phi) is 4.25. The molecule has 2 aromatic carbocycles. The number of aromatic hydroxyl groups is 1. The maximum atomic E-state index is 12.9. The van der Waals surface area contributed by atoms with Gasteiger partial charge in [0.15, 0.2) is 0 Å². The maximum absolute atomic E-state index is 12.9. The van der Waals surface area contributed by atoms with E-state index in [-0.39, 0.29) is 17.2 Å². The first-order valence-electron chi connectivity index (χ1n) is 5.96. The number of benzene rings is 2. The maximum Gasteiger partial charge on any atom is 0.257 e. The van der Waals surface area contributed by atoms with E-state index < -0.39 is 5.82 Å². The van der Waals surface area contributed by atoms with Gasteiger partial charge in [0.2, 0.25) is 0 Å². The molecule has 0 heterocycles. The number of hydrogen-bond acceptors (Lipinski definition) is 2. The molecule has 0 aliphatic carbocycles. The number of amides is 1. The largest absolute Gasteiger partial charge is 0.507 e. The quantitative estimate of drug-likeness (QED) is 0.941. The van der Waals surface area contributed by atoms with E-state index in [1.807, 2.05) is 12.1 Å². The third-order valence-corrected chi connectivity index (χ3v) is 3.12. The number of halogens is 2. The second-order valence-corrected chi connectivity index (χ2v) is 4.89. The lowest BCUT2D eigenvalue weighted by Gasteiger charge is -2.18. The molecule has 1 amide bonds. The van der Waals surface area contributed by atoms with E-state index in [4.69, 9.17) is 11.6 Å². The van der Waals surface area contributed by atoms with Crippen LogP contribution < -0.4 is 0 Å². The van der Waals surface area contributed by atoms with Gasteiger partial charge >= 0.3 is 0 Å². The second kappa shape index (κ2) is 5.92. The molecule has 0 saturated carbocycles. The minimum absolute atomic E-state index is 0.0721. The first-order chi connectivity index (χ1) is 9.47. The highest BCUT2D eigenvalue weighted by Crippen LogP contribution is 2.20. The molecule has 0 bridgehead atoms. The van der Waals surface area contributed by atoms with Crippen molar-refractivity contribution in [1.82, 2.24) is 4.90 Å². The van der Waals surface area contributed by atoms with Gasteiger partial charge in [0, 0.05) is 24.7 Å². The van der Waals surface area contributed by atoms with Crippen LogP contribution in [0.2, 0.25) is 5.02 Å². The molecule has 0 unspecified atom stereocenters. The van der Waals surface area contributed by atoms with Crippen molar-refractivity contribution in [2.75, 3.05) is 7.05 Å². The van der Waals surface area contributed by atoms with Gasteiger partial charge in [-0.25, -0.2) is 4.39 Å². The molecule has 2 rings (SSSR count). The van der Waals surface area contributed by atoms with Gasteiger partial charge < -0.3 is 10.0 Å². The molecule has 0 aromatic heterocycles. The average Bonchev–Trinajstić information content (AvgIpc) is 2.40. The molecule has 3 nitrogen and oxygen atoms in total. The van der Waals surface area contributed by atoms with Gasteiger partial charge in [0.05, 0.1) is 5.56 Å². The summed E-state index contributed by atoms with van der Waals surface area (Å²) in [5.74, 6) is -1.32. The fraction of sp³-hybridized carbons (Fsp3) is 0.133. The van der Waals surface area contributed by atoms with Gasteiger partial charge in [-0.05, 0) is 29.8 Å². The molecule has 0 fully saturated rings. The summed E-state index contributed by atoms with van der Waals surface area (Å²) >= 11 is 5.79. The standard InChI is InChI=1S/C15H13ClFNO2/c1-18(9-10-2-4-11(16)5-3-10)15(20)13-7-6-12(17)8-14(13)19/h2-8,19H,9H2,1H3. The molecule has 5 heteroatoms. The van der Waals surface area contributed by atoms with Crippen LogP contribution in [0, 0.1) is 5.82 Å². The average molecular weight is 294 g/mol. The van der Waals surface area contributed by atoms with Crippen LogP contribution >= 0.6 is 11.6 Å². The second-order valence-electron chi connectivity index (χ2n) is 4.45. The third kappa shape index (κ3) is 3.27. The van der Waals surface area contributed by atoms with Gasteiger partial charge in [-0.2, -0.15) is 0 Å². The van der Waals surface area contributed by atoms with Gasteiger partial charge in [-0.1, -0.05) is 23.7 Å². The summed E-state index contributed by atoms with van der Waals surface area (Å²) in [4.78, 5) is 13.6. The molecule has 0 radical (unpaired) electrons. The number of carbonyl (C=O) groups excluding carboxylic acids is 1. The summed E-state index contributed by atoms with van der Waals surface area (Å²) in [7, 11) is 1.61. The van der Waals surface area contributed by atoms with Crippen molar-refractivity contribution in [1.29, 1.82) is 0 Å². The Labute approximate surface area is 121 Å². The summed E-state index contributed by atoms with van der Waals surface area (Å²) in [5, 5.41) is 10.2. The lowest BCUT2D eigenvalue weighted by atomic mass is 10.1. The van der Waals surface area contributed by atoms with E-state index in [0.717, 1.165) is 17.7 Å². The van der Waals surface area contributed by atoms with Crippen LogP contribution in [0.5, 0.6) is 5.75 Å². The normalized spacial score (nSPS) is 10.3. The Morgan fingerprint density at radius 3 is 2.50 bits per heavy atom. The summed E-state index contributed by atoms with van der Waals surface area (Å²) in [6.07, 6.45) is 0. The number of hydrogen-bond donors (Lipinski definition) is 1. The van der Waals surface area contributed by atoms with Crippen molar-refractivity contribution < 1.29 is 14.3 Å². The third-order valence-electron chi connectivity index (χ3n) is 2.87. The van der Waals surface area contributed by atoms with Crippen LogP contribution in [-0.2, 0) is 6.54 Å². The van der Waals surface area contributed by atoms with E-state index in [9.17, 15) is 14.3 Å². The topological polar surface area (TPSA) is 40.5 Å². The van der Waals surface area contributed by atoms with Crippen molar-refractivity contribution in [2.24, 2.45) is 0 Å². The van der Waals surface area contributed by atoms with Crippen LogP contribution in [0.4, 0.5) is 4.39 Å². The predicted octanol–water partition coefficient (Wildman–Crippen LogP) is 3.46. The molecule has 0 aliphatic rings. The minimum Gasteiger partial charge on any atom is -0.507 e. The molecular weight excluding hydrogens is 281 g/mol. The summed E-state index contributed by atoms with van der Waals surface area (Å²) < 4.78 is 12.9. The molecule has 1 N–H and O–H groups in total. The zero-order chi connectivity index (χ0) is 14.7. The Balaban J connectivity index is 2.14. The van der Waals surface area contributed by atoms with Crippen molar-refractivity contribution in [3.8, 4) is 5.75 Å². The molecule has 2 aromatic rings. The Morgan fingerprint density at radius 1 is 1.25 bits per heavy atom. The van der Waals surface area contributed by atoms with Crippen molar-refractivity contribution in [2.45, 2.75) is 6.54 Å². The first kappa shape index (κ1) is 14.3. The first-order valence-corrected chi connectivity index (χ1v) is 6.33. The van der Waals surface area contributed by atoms with E-state index in [2.05, 4.69) is 0 Å². The van der Waals surface area contributed by atoms with E-state index in [1.54, 1.807) is 19.2 Å². The van der Waals surface area contributed by atoms with Gasteiger partial charge in [-0.15, -0.1) is 0 Å². The number of phenolic OH excluding ortho intramolecular Hbond substituents is 1. The van der Waals surface area contributed by atoms with Crippen molar-refractivity contribution in [3.05, 3.63) is 64.4 Å². The highest BCUT2D eigenvalue weighted by Gasteiger charge is 2.16. The number of phenols is 1. The highest BCUT2D eigenvalue weighted by molar-refractivity contribution is 6.30. The zero-order valence-corrected chi connectivity index (χ0v) is 11.6. The van der Waals surface area contributed by atoms with Crippen LogP contribution in [0.15, 0.2) is 42.5 Å². The SMILES string of the molecule is CN(Cc1ccc(Cl)cc1)C(=O)c1ccc(F)cc1O. The fourth-order valence-corrected chi connectivity index (χ4v) is 1.95. The molecule has 0 saturated heterocycles. The van der Waals surface area contributed by atoms with Crippen LogP contribution in [0.25, 0.3) is 0 Å². The minimum atomic E-state index is -0.584. The van der Waals surface area contributed by atoms with Crippen molar-refractivity contribution >= 4 is 17.5 Å². The Hall–Kier alpha value is -2.07. The van der Waals surface area contributed by atoms with Crippen molar-refractivity contribution in [3.63, 3.8) is 0 Å². The number of carbonyl (C=O) groups is 1. The molecule has 0 atom stereocenters. The van der Waals surface area contributed by atoms with Crippen LogP contribution in [-0.4, -0.2) is 23.0 Å². The molecule has 0 aliphatic heterocycles. The van der Waals surface area contributed by atoms with Crippen LogP contribution in [0.3, 0.4) is 0 Å². The lowest BCUT2D eigenvalue weighted by molar-refractivity contribution is 0.0782.